The molecular weight excluding hydrogens is 289 g/mol. The molecule has 4 nitrogen and oxygen atoms in total. The van der Waals surface area contributed by atoms with Crippen LogP contribution in [0.2, 0.25) is 0 Å². The molecule has 0 unspecified atom stereocenters. The minimum absolute atomic E-state index is 0.0337. The number of aromatic carboxylic acids is 1. The fourth-order valence-corrected chi connectivity index (χ4v) is 1.87. The summed E-state index contributed by atoms with van der Waals surface area (Å²) in [5.41, 5.74) is -0.110. The lowest BCUT2D eigenvalue weighted by Gasteiger charge is -2.13. The summed E-state index contributed by atoms with van der Waals surface area (Å²) in [6.07, 6.45) is -4.74. The van der Waals surface area contributed by atoms with E-state index in [1.54, 1.807) is 30.3 Å². The molecule has 112 valence electrons. The molecule has 0 saturated carbocycles. The molecule has 0 fully saturated rings. The highest BCUT2D eigenvalue weighted by Crippen LogP contribution is 2.30. The van der Waals surface area contributed by atoms with E-state index in [9.17, 15) is 18.0 Å². The quantitative estimate of drug-likeness (QED) is 0.859. The van der Waals surface area contributed by atoms with E-state index in [4.69, 9.17) is 9.84 Å². The van der Waals surface area contributed by atoms with Gasteiger partial charge in [0.15, 0.2) is 0 Å². The van der Waals surface area contributed by atoms with Crippen molar-refractivity contribution in [2.45, 2.75) is 6.36 Å². The van der Waals surface area contributed by atoms with Gasteiger partial charge in [-0.2, -0.15) is 0 Å². The largest absolute Gasteiger partial charge is 0.522 e. The van der Waals surface area contributed by atoms with Crippen molar-refractivity contribution >= 4 is 16.7 Å². The molecular formula is C14H11F3O4. The van der Waals surface area contributed by atoms with Crippen LogP contribution in [0.15, 0.2) is 36.4 Å². The van der Waals surface area contributed by atoms with Crippen molar-refractivity contribution in [3.8, 4) is 5.75 Å². The van der Waals surface area contributed by atoms with Gasteiger partial charge in [-0.25, -0.2) is 4.79 Å². The van der Waals surface area contributed by atoms with Crippen molar-refractivity contribution < 1.29 is 32.5 Å². The normalized spacial score (nSPS) is 11.6. The molecule has 2 aromatic carbocycles. The first-order valence-electron chi connectivity index (χ1n) is 5.97. The van der Waals surface area contributed by atoms with Gasteiger partial charge >= 0.3 is 12.3 Å². The van der Waals surface area contributed by atoms with E-state index in [0.29, 0.717) is 5.39 Å². The zero-order chi connectivity index (χ0) is 15.5. The Hall–Kier alpha value is -2.28. The van der Waals surface area contributed by atoms with E-state index in [1.165, 1.54) is 6.07 Å². The van der Waals surface area contributed by atoms with Crippen LogP contribution < -0.4 is 4.74 Å². The maximum absolute atomic E-state index is 11.9. The second-order valence-corrected chi connectivity index (χ2v) is 4.11. The Morgan fingerprint density at radius 1 is 1.10 bits per heavy atom. The molecule has 21 heavy (non-hydrogen) atoms. The molecule has 0 spiro atoms. The highest BCUT2D eigenvalue weighted by Gasteiger charge is 2.28. The van der Waals surface area contributed by atoms with Crippen molar-refractivity contribution in [3.63, 3.8) is 0 Å². The molecule has 0 aliphatic rings. The van der Waals surface area contributed by atoms with Gasteiger partial charge in [0.1, 0.15) is 17.9 Å². The topological polar surface area (TPSA) is 55.8 Å². The molecule has 0 radical (unpaired) electrons. The maximum Gasteiger partial charge on any atom is 0.522 e. The molecule has 0 aromatic heterocycles. The molecule has 0 aliphatic heterocycles. The van der Waals surface area contributed by atoms with Gasteiger partial charge in [0.2, 0.25) is 0 Å². The zero-order valence-corrected chi connectivity index (χ0v) is 10.7. The number of alkyl halides is 3. The number of halogens is 3. The summed E-state index contributed by atoms with van der Waals surface area (Å²) in [4.78, 5) is 11.2. The number of carbonyl (C=O) groups is 1. The standard InChI is InChI=1S/C14H11F3O4/c15-14(16,17)21-8-7-20-12-10-4-2-1-3-9(10)5-6-11(12)13(18)19/h1-6H,7-8H2,(H,18,19). The maximum atomic E-state index is 11.9. The van der Waals surface area contributed by atoms with E-state index in [-0.39, 0.29) is 11.3 Å². The van der Waals surface area contributed by atoms with Gasteiger partial charge in [-0.05, 0) is 11.5 Å². The Labute approximate surface area is 117 Å². The van der Waals surface area contributed by atoms with E-state index < -0.39 is 25.5 Å². The first-order chi connectivity index (χ1) is 9.88. The Kier molecular flexibility index (Phi) is 4.32. The molecule has 0 heterocycles. The van der Waals surface area contributed by atoms with Gasteiger partial charge in [-0.1, -0.05) is 30.3 Å². The highest BCUT2D eigenvalue weighted by molar-refractivity contribution is 6.00. The lowest BCUT2D eigenvalue weighted by Crippen LogP contribution is -2.18. The van der Waals surface area contributed by atoms with Crippen LogP contribution in [0.1, 0.15) is 10.4 Å². The summed E-state index contributed by atoms with van der Waals surface area (Å²) in [5, 5.41) is 10.4. The number of benzene rings is 2. The lowest BCUT2D eigenvalue weighted by molar-refractivity contribution is -0.325. The summed E-state index contributed by atoms with van der Waals surface area (Å²) in [7, 11) is 0. The number of rotatable bonds is 5. The molecule has 0 atom stereocenters. The van der Waals surface area contributed by atoms with Gasteiger partial charge in [0, 0.05) is 5.39 Å². The monoisotopic (exact) mass is 300 g/mol. The van der Waals surface area contributed by atoms with E-state index >= 15 is 0 Å². The second-order valence-electron chi connectivity index (χ2n) is 4.11. The van der Waals surface area contributed by atoms with Crippen LogP contribution in [0.3, 0.4) is 0 Å². The van der Waals surface area contributed by atoms with Gasteiger partial charge < -0.3 is 9.84 Å². The van der Waals surface area contributed by atoms with Gasteiger partial charge in [0.05, 0.1) is 6.61 Å². The Balaban J connectivity index is 2.23. The molecule has 2 aromatic rings. The zero-order valence-electron chi connectivity index (χ0n) is 10.7. The van der Waals surface area contributed by atoms with Crippen LogP contribution in [0.25, 0.3) is 10.8 Å². The van der Waals surface area contributed by atoms with Gasteiger partial charge in [-0.3, -0.25) is 4.74 Å². The molecule has 0 bridgehead atoms. The fraction of sp³-hybridized carbons (Fsp3) is 0.214. The Bertz CT molecular complexity index is 652. The smallest absolute Gasteiger partial charge is 0.490 e. The minimum atomic E-state index is -4.74. The number of hydrogen-bond acceptors (Lipinski definition) is 3. The van der Waals surface area contributed by atoms with Gasteiger partial charge in [-0.15, -0.1) is 13.2 Å². The molecule has 0 saturated heterocycles. The summed E-state index contributed by atoms with van der Waals surface area (Å²) in [6.45, 7) is -1.13. The summed E-state index contributed by atoms with van der Waals surface area (Å²) >= 11 is 0. The third-order valence-corrected chi connectivity index (χ3v) is 2.71. The number of carboxylic acids is 1. The molecule has 7 heteroatoms. The minimum Gasteiger partial charge on any atom is -0.490 e. The first-order valence-corrected chi connectivity index (χ1v) is 5.97. The fourth-order valence-electron chi connectivity index (χ4n) is 1.87. The number of hydrogen-bond donors (Lipinski definition) is 1. The van der Waals surface area contributed by atoms with Crippen molar-refractivity contribution in [2.75, 3.05) is 13.2 Å². The second kappa shape index (κ2) is 6.01. The Morgan fingerprint density at radius 3 is 2.48 bits per heavy atom. The third kappa shape index (κ3) is 3.85. The average Bonchev–Trinajstić information content (AvgIpc) is 2.42. The summed E-state index contributed by atoms with van der Waals surface area (Å²) < 4.78 is 44.4. The molecule has 1 N–H and O–H groups in total. The van der Waals surface area contributed by atoms with E-state index in [1.807, 2.05) is 0 Å². The number of ether oxygens (including phenoxy) is 2. The predicted octanol–water partition coefficient (Wildman–Crippen LogP) is 3.45. The van der Waals surface area contributed by atoms with Crippen molar-refractivity contribution in [3.05, 3.63) is 42.0 Å². The Morgan fingerprint density at radius 2 is 1.81 bits per heavy atom. The lowest BCUT2D eigenvalue weighted by atomic mass is 10.1. The van der Waals surface area contributed by atoms with Crippen LogP contribution >= 0.6 is 0 Å². The van der Waals surface area contributed by atoms with E-state index in [0.717, 1.165) is 5.39 Å². The summed E-state index contributed by atoms with van der Waals surface area (Å²) in [5.74, 6) is -1.18. The summed E-state index contributed by atoms with van der Waals surface area (Å²) in [6, 6.07) is 9.80. The SMILES string of the molecule is O=C(O)c1ccc2ccccc2c1OCCOC(F)(F)F. The van der Waals surface area contributed by atoms with Crippen molar-refractivity contribution in [1.29, 1.82) is 0 Å². The third-order valence-electron chi connectivity index (χ3n) is 2.71. The average molecular weight is 300 g/mol. The van der Waals surface area contributed by atoms with Crippen LogP contribution in [0.5, 0.6) is 5.75 Å². The molecule has 0 amide bonds. The molecule has 0 aliphatic carbocycles. The number of carboxylic acid groups (broad SMARTS) is 1. The van der Waals surface area contributed by atoms with Crippen LogP contribution in [0, 0.1) is 0 Å². The first kappa shape index (κ1) is 15.1. The van der Waals surface area contributed by atoms with Crippen molar-refractivity contribution in [1.82, 2.24) is 0 Å². The van der Waals surface area contributed by atoms with Crippen molar-refractivity contribution in [2.24, 2.45) is 0 Å². The predicted molar refractivity (Wildman–Crippen MR) is 68.4 cm³/mol. The number of fused-ring (bicyclic) bond motifs is 1. The van der Waals surface area contributed by atoms with Gasteiger partial charge in [0.25, 0.3) is 0 Å². The highest BCUT2D eigenvalue weighted by atomic mass is 19.4. The van der Waals surface area contributed by atoms with Crippen LogP contribution in [0.4, 0.5) is 13.2 Å². The van der Waals surface area contributed by atoms with Crippen LogP contribution in [-0.2, 0) is 4.74 Å². The van der Waals surface area contributed by atoms with E-state index in [2.05, 4.69) is 4.74 Å². The molecule has 2 rings (SSSR count). The van der Waals surface area contributed by atoms with Crippen LogP contribution in [-0.4, -0.2) is 30.7 Å².